The van der Waals surface area contributed by atoms with Crippen molar-refractivity contribution in [2.45, 2.75) is 58.0 Å². The summed E-state index contributed by atoms with van der Waals surface area (Å²) in [6.45, 7) is 4.28. The van der Waals surface area contributed by atoms with Gasteiger partial charge in [0, 0.05) is 17.8 Å². The van der Waals surface area contributed by atoms with E-state index in [9.17, 15) is 4.79 Å². The Labute approximate surface area is 127 Å². The zero-order chi connectivity index (χ0) is 14.8. The minimum absolute atomic E-state index is 0.0313. The summed E-state index contributed by atoms with van der Waals surface area (Å²) in [5.41, 5.74) is 2.43. The minimum Gasteiger partial charge on any atom is -0.382 e. The van der Waals surface area contributed by atoms with Gasteiger partial charge in [-0.25, -0.2) is 0 Å². The van der Waals surface area contributed by atoms with Crippen LogP contribution >= 0.6 is 0 Å². The summed E-state index contributed by atoms with van der Waals surface area (Å²) in [7, 11) is 0. The molecule has 1 fully saturated rings. The molecule has 21 heavy (non-hydrogen) atoms. The van der Waals surface area contributed by atoms with E-state index in [1.807, 2.05) is 12.1 Å². The van der Waals surface area contributed by atoms with Crippen LogP contribution in [0.15, 0.2) is 24.3 Å². The number of hydrogen-bond acceptors (Lipinski definition) is 2. The Kier molecular flexibility index (Phi) is 4.18. The minimum atomic E-state index is 0.0313. The number of nitrogens with one attached hydrogen (secondary N) is 2. The summed E-state index contributed by atoms with van der Waals surface area (Å²) in [4.78, 5) is 12.6. The van der Waals surface area contributed by atoms with Gasteiger partial charge in [-0.2, -0.15) is 0 Å². The molecule has 3 unspecified atom stereocenters. The Hall–Kier alpha value is -1.51. The summed E-state index contributed by atoms with van der Waals surface area (Å²) < 4.78 is 0. The van der Waals surface area contributed by atoms with Crippen molar-refractivity contribution in [2.75, 3.05) is 5.32 Å². The molecule has 0 radical (unpaired) electrons. The molecule has 0 bridgehead atoms. The molecule has 1 aromatic carbocycles. The van der Waals surface area contributed by atoms with Crippen LogP contribution in [0.5, 0.6) is 0 Å². The van der Waals surface area contributed by atoms with E-state index in [-0.39, 0.29) is 17.9 Å². The van der Waals surface area contributed by atoms with E-state index in [0.29, 0.717) is 12.0 Å². The first-order valence-corrected chi connectivity index (χ1v) is 8.30. The van der Waals surface area contributed by atoms with E-state index < -0.39 is 0 Å². The highest BCUT2D eigenvalue weighted by molar-refractivity contribution is 5.81. The van der Waals surface area contributed by atoms with Gasteiger partial charge in [-0.1, -0.05) is 31.0 Å². The van der Waals surface area contributed by atoms with E-state index >= 15 is 0 Å². The summed E-state index contributed by atoms with van der Waals surface area (Å²) in [5, 5.41) is 6.75. The summed E-state index contributed by atoms with van der Waals surface area (Å²) in [5.74, 6) is 0.917. The van der Waals surface area contributed by atoms with Crippen LogP contribution in [0.1, 0.15) is 45.1 Å². The predicted octanol–water partition coefficient (Wildman–Crippen LogP) is 3.35. The van der Waals surface area contributed by atoms with Crippen LogP contribution in [-0.2, 0) is 11.2 Å². The Morgan fingerprint density at radius 1 is 1.29 bits per heavy atom. The highest BCUT2D eigenvalue weighted by Crippen LogP contribution is 2.30. The summed E-state index contributed by atoms with van der Waals surface area (Å²) >= 11 is 0. The van der Waals surface area contributed by atoms with E-state index in [1.54, 1.807) is 0 Å². The highest BCUT2D eigenvalue weighted by atomic mass is 16.2. The standard InChI is InChI=1S/C18H26N2O/c1-12(14-7-3-4-8-14)20-18(21)16-11-15-9-5-6-10-17(15)19-13(16)2/h5-6,9-10,12-14,16,19H,3-4,7-8,11H2,1-2H3,(H,20,21). The van der Waals surface area contributed by atoms with Gasteiger partial charge in [0.25, 0.3) is 0 Å². The second-order valence-corrected chi connectivity index (χ2v) is 6.74. The van der Waals surface area contributed by atoms with Crippen molar-refractivity contribution in [1.29, 1.82) is 0 Å². The smallest absolute Gasteiger partial charge is 0.225 e. The number of amides is 1. The van der Waals surface area contributed by atoms with Crippen molar-refractivity contribution < 1.29 is 4.79 Å². The van der Waals surface area contributed by atoms with Crippen molar-refractivity contribution in [2.24, 2.45) is 11.8 Å². The van der Waals surface area contributed by atoms with Crippen LogP contribution in [0.2, 0.25) is 0 Å². The number of hydrogen-bond donors (Lipinski definition) is 2. The molecule has 3 rings (SSSR count). The van der Waals surface area contributed by atoms with Gasteiger partial charge >= 0.3 is 0 Å². The number of carbonyl (C=O) groups excluding carboxylic acids is 1. The monoisotopic (exact) mass is 286 g/mol. The van der Waals surface area contributed by atoms with Crippen molar-refractivity contribution in [3.8, 4) is 0 Å². The fourth-order valence-electron chi connectivity index (χ4n) is 3.83. The molecule has 0 aromatic heterocycles. The lowest BCUT2D eigenvalue weighted by molar-refractivity contribution is -0.126. The van der Waals surface area contributed by atoms with Crippen LogP contribution in [-0.4, -0.2) is 18.0 Å². The first-order chi connectivity index (χ1) is 10.1. The van der Waals surface area contributed by atoms with Crippen LogP contribution in [0, 0.1) is 11.8 Å². The third-order valence-electron chi connectivity index (χ3n) is 5.26. The van der Waals surface area contributed by atoms with Gasteiger partial charge in [0.15, 0.2) is 0 Å². The zero-order valence-corrected chi connectivity index (χ0v) is 13.1. The highest BCUT2D eigenvalue weighted by Gasteiger charge is 2.32. The molecule has 2 N–H and O–H groups in total. The van der Waals surface area contributed by atoms with Gasteiger partial charge < -0.3 is 10.6 Å². The van der Waals surface area contributed by atoms with Crippen LogP contribution in [0.4, 0.5) is 5.69 Å². The maximum absolute atomic E-state index is 12.6. The fourth-order valence-corrected chi connectivity index (χ4v) is 3.83. The van der Waals surface area contributed by atoms with E-state index in [2.05, 4.69) is 36.6 Å². The van der Waals surface area contributed by atoms with Gasteiger partial charge in [-0.05, 0) is 50.7 Å². The average molecular weight is 286 g/mol. The molecule has 114 valence electrons. The topological polar surface area (TPSA) is 41.1 Å². The van der Waals surface area contributed by atoms with Crippen molar-refractivity contribution >= 4 is 11.6 Å². The molecular weight excluding hydrogens is 260 g/mol. The lowest BCUT2D eigenvalue weighted by Crippen LogP contribution is -2.47. The Bertz CT molecular complexity index is 508. The van der Waals surface area contributed by atoms with Crippen molar-refractivity contribution in [3.63, 3.8) is 0 Å². The van der Waals surface area contributed by atoms with Gasteiger partial charge in [-0.3, -0.25) is 4.79 Å². The van der Waals surface area contributed by atoms with Crippen LogP contribution < -0.4 is 10.6 Å². The number of para-hydroxylation sites is 1. The normalized spacial score (nSPS) is 26.8. The number of rotatable bonds is 3. The Morgan fingerprint density at radius 2 is 2.00 bits per heavy atom. The maximum atomic E-state index is 12.6. The molecule has 3 heteroatoms. The molecule has 0 saturated heterocycles. The first kappa shape index (κ1) is 14.4. The average Bonchev–Trinajstić information content (AvgIpc) is 3.00. The SMILES string of the molecule is CC(NC(=O)C1Cc2ccccc2NC1C)C1CCCC1. The predicted molar refractivity (Wildman–Crippen MR) is 86.3 cm³/mol. The summed E-state index contributed by atoms with van der Waals surface area (Å²) in [6, 6.07) is 8.81. The third kappa shape index (κ3) is 3.07. The molecule has 3 nitrogen and oxygen atoms in total. The first-order valence-electron chi connectivity index (χ1n) is 8.30. The van der Waals surface area contributed by atoms with Crippen LogP contribution in [0.25, 0.3) is 0 Å². The van der Waals surface area contributed by atoms with Gasteiger partial charge in [0.2, 0.25) is 5.91 Å². The maximum Gasteiger partial charge on any atom is 0.225 e. The molecule has 1 saturated carbocycles. The largest absolute Gasteiger partial charge is 0.382 e. The number of anilines is 1. The summed E-state index contributed by atoms with van der Waals surface area (Å²) in [6.07, 6.45) is 6.01. The quantitative estimate of drug-likeness (QED) is 0.894. The molecule has 1 aromatic rings. The second kappa shape index (κ2) is 6.08. The number of fused-ring (bicyclic) bond motifs is 1. The van der Waals surface area contributed by atoms with Gasteiger partial charge in [0.1, 0.15) is 0 Å². The van der Waals surface area contributed by atoms with E-state index in [0.717, 1.165) is 6.42 Å². The lowest BCUT2D eigenvalue weighted by atomic mass is 9.87. The Morgan fingerprint density at radius 3 is 2.76 bits per heavy atom. The number of carbonyl (C=O) groups is 1. The molecule has 3 atom stereocenters. The van der Waals surface area contributed by atoms with Crippen LogP contribution in [0.3, 0.4) is 0 Å². The molecule has 1 aliphatic carbocycles. The van der Waals surface area contributed by atoms with E-state index in [4.69, 9.17) is 0 Å². The molecule has 1 aliphatic heterocycles. The zero-order valence-electron chi connectivity index (χ0n) is 13.1. The molecule has 0 spiro atoms. The molecule has 1 heterocycles. The van der Waals surface area contributed by atoms with Crippen molar-refractivity contribution in [1.82, 2.24) is 5.32 Å². The third-order valence-corrected chi connectivity index (χ3v) is 5.26. The van der Waals surface area contributed by atoms with Crippen molar-refractivity contribution in [3.05, 3.63) is 29.8 Å². The molecule has 1 amide bonds. The Balaban J connectivity index is 1.64. The second-order valence-electron chi connectivity index (χ2n) is 6.74. The van der Waals surface area contributed by atoms with Gasteiger partial charge in [-0.15, -0.1) is 0 Å². The molecule has 2 aliphatic rings. The molecular formula is C18H26N2O. The van der Waals surface area contributed by atoms with Gasteiger partial charge in [0.05, 0.1) is 5.92 Å². The van der Waals surface area contributed by atoms with E-state index in [1.165, 1.54) is 36.9 Å². The number of benzene rings is 1. The lowest BCUT2D eigenvalue weighted by Gasteiger charge is -2.33. The fraction of sp³-hybridized carbons (Fsp3) is 0.611.